The number of aliphatic carboxylic acids is 1. The van der Waals surface area contributed by atoms with Crippen molar-refractivity contribution in [3.8, 4) is 11.3 Å². The number of carbonyl (C=O) groups excluding carboxylic acids is 2. The Kier molecular flexibility index (Phi) is 19.2. The lowest BCUT2D eigenvalue weighted by Crippen LogP contribution is -2.43. The van der Waals surface area contributed by atoms with E-state index in [1.165, 1.54) is 5.56 Å². The normalized spacial score (nSPS) is 18.6. The Morgan fingerprint density at radius 3 is 2.45 bits per heavy atom. The van der Waals surface area contributed by atoms with Crippen molar-refractivity contribution in [2.45, 2.75) is 103 Å². The van der Waals surface area contributed by atoms with Crippen molar-refractivity contribution in [2.75, 3.05) is 43.9 Å². The maximum atomic E-state index is 12.9. The lowest BCUT2D eigenvalue weighted by atomic mass is 9.88. The van der Waals surface area contributed by atoms with Gasteiger partial charge < -0.3 is 30.9 Å². The number of likely N-dealkylation sites (N-methyl/N-ethyl adjacent to an activating group) is 1. The molecule has 13 heteroatoms. The summed E-state index contributed by atoms with van der Waals surface area (Å²) in [6.07, 6.45) is 16.0. The van der Waals surface area contributed by atoms with Crippen LogP contribution in [0.15, 0.2) is 91.4 Å². The van der Waals surface area contributed by atoms with Gasteiger partial charge in [0.1, 0.15) is 5.78 Å². The summed E-state index contributed by atoms with van der Waals surface area (Å²) in [5.41, 5.74) is 6.08. The van der Waals surface area contributed by atoms with Gasteiger partial charge in [0.2, 0.25) is 5.95 Å². The molecule has 0 spiro atoms. The number of nitrogens with one attached hydrogen (secondary N) is 2. The fourth-order valence-corrected chi connectivity index (χ4v) is 7.82. The minimum Gasteiger partial charge on any atom is -0.481 e. The van der Waals surface area contributed by atoms with Gasteiger partial charge in [-0.05, 0) is 86.8 Å². The van der Waals surface area contributed by atoms with Gasteiger partial charge >= 0.3 is 5.97 Å². The van der Waals surface area contributed by atoms with E-state index >= 15 is 0 Å². The third-order valence-corrected chi connectivity index (χ3v) is 11.6. The third-order valence-electron chi connectivity index (χ3n) is 11.6. The number of aliphatic hydroxyl groups excluding tert-OH is 2. The number of carboxylic acid groups (broad SMARTS) is 1. The van der Waals surface area contributed by atoms with E-state index in [2.05, 4.69) is 49.4 Å². The monoisotopic (exact) mass is 847 g/mol. The second-order valence-electron chi connectivity index (χ2n) is 16.6. The maximum absolute atomic E-state index is 12.9. The molecule has 2 aliphatic rings. The quantitative estimate of drug-likeness (QED) is 0.0427. The third kappa shape index (κ3) is 15.5. The van der Waals surface area contributed by atoms with Crippen molar-refractivity contribution >= 4 is 35.0 Å². The Balaban J connectivity index is 0.000000255. The molecule has 2 aromatic heterocycles. The summed E-state index contributed by atoms with van der Waals surface area (Å²) in [5.74, 6) is -0.703. The van der Waals surface area contributed by atoms with Gasteiger partial charge in [-0.15, -0.1) is 0 Å². The number of unbranched alkanes of at least 4 members (excludes halogenated alkanes) is 5. The number of rotatable bonds is 20. The van der Waals surface area contributed by atoms with Crippen molar-refractivity contribution in [3.63, 3.8) is 0 Å². The molecule has 1 saturated carbocycles. The molecule has 62 heavy (non-hydrogen) atoms. The van der Waals surface area contributed by atoms with Crippen molar-refractivity contribution < 1.29 is 29.7 Å². The molecule has 4 aromatic rings. The molecule has 4 atom stereocenters. The number of aryl methyl sites for hydroxylation is 1. The molecule has 2 fully saturated rings. The number of pyridine rings is 1. The number of amides is 1. The Morgan fingerprint density at radius 2 is 1.73 bits per heavy atom. The molecule has 1 aliphatic heterocycles. The number of Topliss-reactive ketones (excluding diaryl/α,β-unsaturated/α-hetero) is 1. The Morgan fingerprint density at radius 1 is 0.952 bits per heavy atom. The molecule has 0 bridgehead atoms. The number of ketones is 1. The molecular formula is C49H65N7O6. The van der Waals surface area contributed by atoms with Gasteiger partial charge in [0, 0.05) is 98.5 Å². The molecule has 3 heterocycles. The minimum absolute atomic E-state index is 0.105. The molecule has 1 saturated heterocycles. The van der Waals surface area contributed by atoms with Crippen molar-refractivity contribution in [3.05, 3.63) is 108 Å². The molecular weight excluding hydrogens is 783 g/mol. The maximum Gasteiger partial charge on any atom is 0.303 e. The zero-order valence-electron chi connectivity index (χ0n) is 36.6. The zero-order valence-corrected chi connectivity index (χ0v) is 36.6. The molecule has 1 aliphatic carbocycles. The van der Waals surface area contributed by atoms with Crippen LogP contribution in [-0.4, -0.2) is 103 Å². The predicted molar refractivity (Wildman–Crippen MR) is 244 cm³/mol. The van der Waals surface area contributed by atoms with E-state index in [9.17, 15) is 24.6 Å². The van der Waals surface area contributed by atoms with E-state index in [4.69, 9.17) is 5.11 Å². The largest absolute Gasteiger partial charge is 0.481 e. The standard InChI is InChI=1S/C29H31N7O.C20H34O5/c1-21-5-10-25(18-27(21)34-29-31-13-11-26(33-29)24-4-3-12-30-19-24)32-28(37)23-8-6-22(7-9-23)20-36-16-14-35(2)15-17-36;1-2-3-6-9-15(21)12-13-17-16(18(22)14-19(17)23)10-7-4-5-8-11-20(24)25/h3-13,18-19H,14-17,20H2,1-2H3,(H,32,37)(H,31,33,34);12-13,15-17,19,21,23H,2-11,14H2,1H3,(H,24,25)/b;13-12+/t;15-,16+,17+,19+/m.0/s1. The van der Waals surface area contributed by atoms with E-state index in [1.807, 2.05) is 73.7 Å². The molecule has 13 nitrogen and oxygen atoms in total. The summed E-state index contributed by atoms with van der Waals surface area (Å²) in [7, 11) is 2.16. The summed E-state index contributed by atoms with van der Waals surface area (Å²) >= 11 is 0. The van der Waals surface area contributed by atoms with Crippen LogP contribution in [0.3, 0.4) is 0 Å². The fraction of sp³-hybridized carbons (Fsp3) is 0.469. The highest BCUT2D eigenvalue weighted by Gasteiger charge is 2.39. The van der Waals surface area contributed by atoms with Crippen LogP contribution in [0.2, 0.25) is 0 Å². The average molecular weight is 848 g/mol. The van der Waals surface area contributed by atoms with Crippen molar-refractivity contribution in [1.82, 2.24) is 24.8 Å². The summed E-state index contributed by atoms with van der Waals surface area (Å²) in [5, 5.41) is 35.0. The van der Waals surface area contributed by atoms with Gasteiger partial charge in [0.05, 0.1) is 17.9 Å². The molecule has 0 unspecified atom stereocenters. The molecule has 1 amide bonds. The number of carbonyl (C=O) groups is 3. The Labute approximate surface area is 366 Å². The Hall–Kier alpha value is -5.34. The fourth-order valence-electron chi connectivity index (χ4n) is 7.82. The number of carboxylic acids is 1. The highest BCUT2D eigenvalue weighted by atomic mass is 16.4. The SMILES string of the molecule is CCCCC[C@H](O)/C=C/[C@H]1[C@H](O)CC(=O)[C@@H]1CCCCCCC(=O)O.Cc1ccc(NC(=O)c2ccc(CN3CCN(C)CC3)cc2)cc1Nc1nccc(-c2cccnc2)n1. The first-order valence-corrected chi connectivity index (χ1v) is 22.2. The Bertz CT molecular complexity index is 2040. The number of nitrogens with zero attached hydrogens (tertiary/aromatic N) is 5. The van der Waals surface area contributed by atoms with Gasteiger partial charge in [-0.2, -0.15) is 0 Å². The van der Waals surface area contributed by atoms with Crippen LogP contribution in [-0.2, 0) is 16.1 Å². The first-order valence-electron chi connectivity index (χ1n) is 22.2. The number of hydrogen-bond acceptors (Lipinski definition) is 11. The van der Waals surface area contributed by atoms with E-state index < -0.39 is 18.2 Å². The lowest BCUT2D eigenvalue weighted by Gasteiger charge is -2.32. The number of anilines is 3. The summed E-state index contributed by atoms with van der Waals surface area (Å²) in [4.78, 5) is 53.5. The molecule has 5 N–H and O–H groups in total. The zero-order chi connectivity index (χ0) is 44.3. The van der Waals surface area contributed by atoms with Crippen LogP contribution >= 0.6 is 0 Å². The van der Waals surface area contributed by atoms with Gasteiger partial charge in [-0.1, -0.05) is 75.8 Å². The molecule has 0 radical (unpaired) electrons. The number of hydrogen-bond donors (Lipinski definition) is 5. The van der Waals surface area contributed by atoms with E-state index in [1.54, 1.807) is 24.7 Å². The number of piperazine rings is 1. The molecule has 6 rings (SSSR count). The number of aliphatic hydroxyl groups is 2. The average Bonchev–Trinajstić information content (AvgIpc) is 3.54. The van der Waals surface area contributed by atoms with Crippen LogP contribution in [0, 0.1) is 18.8 Å². The highest BCUT2D eigenvalue weighted by molar-refractivity contribution is 6.04. The molecule has 332 valence electrons. The molecule has 2 aromatic carbocycles. The van der Waals surface area contributed by atoms with Gasteiger partial charge in [-0.25, -0.2) is 9.97 Å². The lowest BCUT2D eigenvalue weighted by molar-refractivity contribution is -0.137. The predicted octanol–water partition coefficient (Wildman–Crippen LogP) is 8.07. The highest BCUT2D eigenvalue weighted by Crippen LogP contribution is 2.34. The van der Waals surface area contributed by atoms with Crippen LogP contribution in [0.4, 0.5) is 17.3 Å². The first-order chi connectivity index (χ1) is 30.0. The topological polar surface area (TPSA) is 181 Å². The van der Waals surface area contributed by atoms with E-state index in [0.29, 0.717) is 23.6 Å². The van der Waals surface area contributed by atoms with Crippen LogP contribution in [0.25, 0.3) is 11.3 Å². The minimum atomic E-state index is -0.767. The smallest absolute Gasteiger partial charge is 0.303 e. The van der Waals surface area contributed by atoms with Crippen LogP contribution < -0.4 is 10.6 Å². The van der Waals surface area contributed by atoms with Crippen molar-refractivity contribution in [1.29, 1.82) is 0 Å². The second kappa shape index (κ2) is 24.9. The summed E-state index contributed by atoms with van der Waals surface area (Å²) in [6, 6.07) is 19.3. The van der Waals surface area contributed by atoms with Crippen LogP contribution in [0.5, 0.6) is 0 Å². The number of benzene rings is 2. The summed E-state index contributed by atoms with van der Waals surface area (Å²) in [6.45, 7) is 9.36. The van der Waals surface area contributed by atoms with Gasteiger partial charge in [-0.3, -0.25) is 24.3 Å². The van der Waals surface area contributed by atoms with E-state index in [0.717, 1.165) is 107 Å². The number of aromatic nitrogens is 3. The van der Waals surface area contributed by atoms with Crippen LogP contribution in [0.1, 0.15) is 99.0 Å². The van der Waals surface area contributed by atoms with E-state index in [-0.39, 0.29) is 36.4 Å². The second-order valence-corrected chi connectivity index (χ2v) is 16.6. The van der Waals surface area contributed by atoms with Gasteiger partial charge in [0.15, 0.2) is 0 Å². The van der Waals surface area contributed by atoms with Gasteiger partial charge in [0.25, 0.3) is 5.91 Å². The summed E-state index contributed by atoms with van der Waals surface area (Å²) < 4.78 is 0. The van der Waals surface area contributed by atoms with Crippen molar-refractivity contribution in [2.24, 2.45) is 11.8 Å². The first kappa shape index (κ1) is 47.7.